The highest BCUT2D eigenvalue weighted by atomic mass is 19.4. The van der Waals surface area contributed by atoms with E-state index >= 15 is 0 Å². The number of anilines is 2. The number of hydrogen-bond acceptors (Lipinski definition) is 6. The van der Waals surface area contributed by atoms with Crippen molar-refractivity contribution in [3.63, 3.8) is 0 Å². The third kappa shape index (κ3) is 5.32. The Morgan fingerprint density at radius 1 is 1.24 bits per heavy atom. The Hall–Kier alpha value is -3.43. The lowest BCUT2D eigenvalue weighted by atomic mass is 9.93. The van der Waals surface area contributed by atoms with E-state index in [4.69, 9.17) is 4.74 Å². The largest absolute Gasteiger partial charge is 0.573 e. The smallest absolute Gasteiger partial charge is 0.508 e. The van der Waals surface area contributed by atoms with Crippen LogP contribution in [0.1, 0.15) is 42.7 Å². The lowest BCUT2D eigenvalue weighted by molar-refractivity contribution is -0.274. The normalized spacial score (nSPS) is 18.1. The van der Waals surface area contributed by atoms with Crippen molar-refractivity contribution in [1.29, 1.82) is 0 Å². The van der Waals surface area contributed by atoms with Gasteiger partial charge in [-0.05, 0) is 48.1 Å². The number of fused-ring (bicyclic) bond motifs is 1. The minimum Gasteiger partial charge on any atom is -0.508 e. The molecule has 1 unspecified atom stereocenters. The van der Waals surface area contributed by atoms with Crippen molar-refractivity contribution in [2.45, 2.75) is 50.5 Å². The number of halogens is 3. The number of amides is 1. The number of carbonyl (C=O) groups is 2. The van der Waals surface area contributed by atoms with Gasteiger partial charge in [-0.3, -0.25) is 4.79 Å². The van der Waals surface area contributed by atoms with E-state index in [1.807, 2.05) is 0 Å². The second-order valence-corrected chi connectivity index (χ2v) is 8.10. The van der Waals surface area contributed by atoms with Crippen molar-refractivity contribution in [3.8, 4) is 17.2 Å². The number of aromatic hydroxyl groups is 1. The maximum absolute atomic E-state index is 12.8. The molecule has 176 valence electrons. The van der Waals surface area contributed by atoms with Crippen LogP contribution in [-0.4, -0.2) is 36.3 Å². The molecule has 2 aliphatic rings. The van der Waals surface area contributed by atoms with Gasteiger partial charge in [0.05, 0.1) is 12.2 Å². The summed E-state index contributed by atoms with van der Waals surface area (Å²) in [6, 6.07) is 6.74. The maximum atomic E-state index is 12.8. The van der Waals surface area contributed by atoms with Gasteiger partial charge in [0.1, 0.15) is 23.5 Å². The van der Waals surface area contributed by atoms with Gasteiger partial charge in [-0.25, -0.2) is 0 Å². The minimum atomic E-state index is -4.82. The van der Waals surface area contributed by atoms with Crippen LogP contribution in [0.15, 0.2) is 30.3 Å². The zero-order chi connectivity index (χ0) is 23.6. The van der Waals surface area contributed by atoms with Crippen LogP contribution in [0.5, 0.6) is 17.2 Å². The average molecular weight is 464 g/mol. The molecule has 1 aliphatic carbocycles. The molecule has 0 saturated heterocycles. The van der Waals surface area contributed by atoms with E-state index in [2.05, 4.69) is 15.4 Å². The lowest BCUT2D eigenvalue weighted by Gasteiger charge is -2.27. The van der Waals surface area contributed by atoms with Crippen LogP contribution < -0.4 is 20.1 Å². The number of carbonyl (C=O) groups excluding carboxylic acids is 2. The van der Waals surface area contributed by atoms with Crippen LogP contribution >= 0.6 is 0 Å². The fourth-order valence-corrected chi connectivity index (χ4v) is 4.30. The Balaban J connectivity index is 1.48. The highest BCUT2D eigenvalue weighted by Gasteiger charge is 2.32. The van der Waals surface area contributed by atoms with E-state index in [0.29, 0.717) is 11.3 Å². The van der Waals surface area contributed by atoms with Gasteiger partial charge in [-0.15, -0.1) is 13.2 Å². The van der Waals surface area contributed by atoms with Crippen molar-refractivity contribution >= 4 is 23.6 Å². The van der Waals surface area contributed by atoms with Crippen molar-refractivity contribution in [3.05, 3.63) is 41.5 Å². The van der Waals surface area contributed by atoms with Gasteiger partial charge in [0.2, 0.25) is 0 Å². The molecule has 4 rings (SSSR count). The van der Waals surface area contributed by atoms with E-state index in [0.717, 1.165) is 49.7 Å². The number of nitrogens with one attached hydrogen (secondary N) is 2. The summed E-state index contributed by atoms with van der Waals surface area (Å²) < 4.78 is 46.8. The Morgan fingerprint density at radius 2 is 2.00 bits per heavy atom. The maximum Gasteiger partial charge on any atom is 0.573 e. The minimum absolute atomic E-state index is 0.00343. The number of aldehydes is 1. The zero-order valence-electron chi connectivity index (χ0n) is 17.6. The first-order chi connectivity index (χ1) is 15.7. The van der Waals surface area contributed by atoms with Crippen LogP contribution in [0.3, 0.4) is 0 Å². The fourth-order valence-electron chi connectivity index (χ4n) is 4.30. The summed E-state index contributed by atoms with van der Waals surface area (Å²) in [5.74, 6) is -0.435. The second kappa shape index (κ2) is 9.21. The van der Waals surface area contributed by atoms with Crippen LogP contribution in [0.25, 0.3) is 0 Å². The van der Waals surface area contributed by atoms with E-state index in [-0.39, 0.29) is 36.1 Å². The van der Waals surface area contributed by atoms with Crippen LogP contribution in [0.2, 0.25) is 0 Å². The molecule has 7 nitrogen and oxygen atoms in total. The summed E-state index contributed by atoms with van der Waals surface area (Å²) >= 11 is 0. The zero-order valence-corrected chi connectivity index (χ0v) is 17.6. The summed E-state index contributed by atoms with van der Waals surface area (Å²) in [5.41, 5.74) is 1.95. The Labute approximate surface area is 187 Å². The van der Waals surface area contributed by atoms with Crippen LogP contribution in [0.4, 0.5) is 24.5 Å². The molecular formula is C23H23F3N2O5. The molecule has 1 atom stereocenters. The van der Waals surface area contributed by atoms with Crippen molar-refractivity contribution < 1.29 is 37.3 Å². The summed E-state index contributed by atoms with van der Waals surface area (Å²) in [7, 11) is 0. The standard InChI is InChI=1S/C23H23F3N2O5/c24-23(25,26)33-15-5-6-20-18(10-15)27-12-21(32-20)22(31)28-17-11-19(30)16(9-14(17)7-8-29)13-3-1-2-4-13/h5-6,8-11,13,21,27,30H,1-4,7,12H2,(H,28,31). The molecule has 1 heterocycles. The van der Waals surface area contributed by atoms with Crippen molar-refractivity contribution in [1.82, 2.24) is 0 Å². The Morgan fingerprint density at radius 3 is 2.70 bits per heavy atom. The first kappa shape index (κ1) is 22.8. The molecule has 1 aliphatic heterocycles. The Bertz CT molecular complexity index is 1050. The number of alkyl halides is 3. The van der Waals surface area contributed by atoms with Gasteiger partial charge in [0.15, 0.2) is 6.10 Å². The molecule has 1 amide bonds. The van der Waals surface area contributed by atoms with Gasteiger partial charge >= 0.3 is 6.36 Å². The summed E-state index contributed by atoms with van der Waals surface area (Å²) in [6.45, 7) is 0.00343. The van der Waals surface area contributed by atoms with Gasteiger partial charge in [0.25, 0.3) is 5.91 Å². The number of ether oxygens (including phenoxy) is 2. The fraction of sp³-hybridized carbons (Fsp3) is 0.391. The molecule has 2 aromatic rings. The number of benzene rings is 2. The third-order valence-electron chi connectivity index (χ3n) is 5.83. The summed E-state index contributed by atoms with van der Waals surface area (Å²) in [5, 5.41) is 16.1. The van der Waals surface area contributed by atoms with E-state index in [1.165, 1.54) is 12.1 Å². The predicted octanol–water partition coefficient (Wildman–Crippen LogP) is 4.50. The first-order valence-corrected chi connectivity index (χ1v) is 10.6. The SMILES string of the molecule is O=CCc1cc(C2CCCC2)c(O)cc1NC(=O)C1CNc2cc(OC(F)(F)F)ccc2O1. The molecule has 2 aromatic carbocycles. The highest BCUT2D eigenvalue weighted by Crippen LogP contribution is 2.41. The van der Waals surface area contributed by atoms with Gasteiger partial charge in [-0.1, -0.05) is 12.8 Å². The molecule has 0 aromatic heterocycles. The molecule has 0 bridgehead atoms. The van der Waals surface area contributed by atoms with E-state index in [9.17, 15) is 27.9 Å². The molecule has 0 radical (unpaired) electrons. The molecule has 0 spiro atoms. The topological polar surface area (TPSA) is 96.9 Å². The summed E-state index contributed by atoms with van der Waals surface area (Å²) in [6.07, 6.45) is -0.879. The van der Waals surface area contributed by atoms with Crippen molar-refractivity contribution in [2.24, 2.45) is 0 Å². The number of phenolic OH excluding ortho intramolecular Hbond substituents is 1. The highest BCUT2D eigenvalue weighted by molar-refractivity contribution is 5.96. The number of hydrogen-bond donors (Lipinski definition) is 3. The lowest BCUT2D eigenvalue weighted by Crippen LogP contribution is -2.41. The first-order valence-electron chi connectivity index (χ1n) is 10.6. The van der Waals surface area contributed by atoms with Gasteiger partial charge in [0, 0.05) is 24.2 Å². The van der Waals surface area contributed by atoms with Crippen LogP contribution in [0, 0.1) is 0 Å². The summed E-state index contributed by atoms with van der Waals surface area (Å²) in [4.78, 5) is 24.0. The van der Waals surface area contributed by atoms with Gasteiger partial charge < -0.3 is 30.0 Å². The Kier molecular flexibility index (Phi) is 6.35. The van der Waals surface area contributed by atoms with Crippen LogP contribution in [-0.2, 0) is 16.0 Å². The number of phenols is 1. The van der Waals surface area contributed by atoms with E-state index < -0.39 is 24.1 Å². The molecule has 1 fully saturated rings. The molecule has 1 saturated carbocycles. The molecule has 33 heavy (non-hydrogen) atoms. The monoisotopic (exact) mass is 464 g/mol. The molecular weight excluding hydrogens is 441 g/mol. The van der Waals surface area contributed by atoms with E-state index in [1.54, 1.807) is 6.07 Å². The third-order valence-corrected chi connectivity index (χ3v) is 5.83. The quantitative estimate of drug-likeness (QED) is 0.545. The van der Waals surface area contributed by atoms with Crippen molar-refractivity contribution in [2.75, 3.05) is 17.2 Å². The van der Waals surface area contributed by atoms with Gasteiger partial charge in [-0.2, -0.15) is 0 Å². The second-order valence-electron chi connectivity index (χ2n) is 8.10. The molecule has 3 N–H and O–H groups in total. The predicted molar refractivity (Wildman–Crippen MR) is 114 cm³/mol. The average Bonchev–Trinajstić information content (AvgIpc) is 3.28. The number of rotatable bonds is 6. The molecule has 10 heteroatoms.